The molecule has 2 heterocycles. The second kappa shape index (κ2) is 7.36. The van der Waals surface area contributed by atoms with E-state index in [1.165, 1.54) is 12.3 Å². The SMILES string of the molecule is C[C@@H](C(=O)Nc1nc(C(F)(F)F)cs1)c1cccc(C(=O)c2ccco2)c1. The number of ketones is 1. The van der Waals surface area contributed by atoms with Crippen molar-refractivity contribution in [1.29, 1.82) is 0 Å². The molecular weight excluding hydrogens is 381 g/mol. The summed E-state index contributed by atoms with van der Waals surface area (Å²) >= 11 is 0.694. The monoisotopic (exact) mass is 394 g/mol. The number of halogens is 3. The van der Waals surface area contributed by atoms with Crippen molar-refractivity contribution < 1.29 is 27.2 Å². The smallest absolute Gasteiger partial charge is 0.434 e. The lowest BCUT2D eigenvalue weighted by Gasteiger charge is -2.12. The molecule has 1 amide bonds. The Kier molecular flexibility index (Phi) is 5.13. The number of carbonyl (C=O) groups is 2. The van der Waals surface area contributed by atoms with Crippen LogP contribution in [0.5, 0.6) is 0 Å². The zero-order valence-electron chi connectivity index (χ0n) is 13.9. The Balaban J connectivity index is 1.74. The molecule has 5 nitrogen and oxygen atoms in total. The van der Waals surface area contributed by atoms with Crippen LogP contribution in [0.3, 0.4) is 0 Å². The lowest BCUT2D eigenvalue weighted by Crippen LogP contribution is -2.19. The molecule has 27 heavy (non-hydrogen) atoms. The first kappa shape index (κ1) is 18.8. The maximum atomic E-state index is 12.6. The van der Waals surface area contributed by atoms with Crippen LogP contribution >= 0.6 is 11.3 Å². The van der Waals surface area contributed by atoms with E-state index in [9.17, 15) is 22.8 Å². The first-order valence-corrected chi connectivity index (χ1v) is 8.65. The maximum absolute atomic E-state index is 12.6. The highest BCUT2D eigenvalue weighted by molar-refractivity contribution is 7.13. The first-order valence-electron chi connectivity index (χ1n) is 7.77. The van der Waals surface area contributed by atoms with E-state index in [-0.39, 0.29) is 16.7 Å². The molecular formula is C18H13F3N2O3S. The standard InChI is InChI=1S/C18H13F3N2O3S/c1-10(16(25)23-17-22-14(9-27-17)18(19,20)21)11-4-2-5-12(8-11)15(24)13-6-3-7-26-13/h2-10H,1H3,(H,22,23,25)/t10-/m1/s1. The van der Waals surface area contributed by atoms with E-state index in [4.69, 9.17) is 4.42 Å². The van der Waals surface area contributed by atoms with Gasteiger partial charge in [0.1, 0.15) is 0 Å². The normalized spacial score (nSPS) is 12.6. The minimum absolute atomic E-state index is 0.137. The van der Waals surface area contributed by atoms with Gasteiger partial charge in [-0.05, 0) is 30.7 Å². The van der Waals surface area contributed by atoms with Crippen molar-refractivity contribution in [2.24, 2.45) is 0 Å². The highest BCUT2D eigenvalue weighted by atomic mass is 32.1. The summed E-state index contributed by atoms with van der Waals surface area (Å²) in [5.74, 6) is -1.39. The van der Waals surface area contributed by atoms with Crippen LogP contribution in [-0.4, -0.2) is 16.7 Å². The second-order valence-corrected chi connectivity index (χ2v) is 6.54. The van der Waals surface area contributed by atoms with Gasteiger partial charge in [-0.2, -0.15) is 13.2 Å². The average Bonchev–Trinajstić information content (AvgIpc) is 3.32. The number of furan rings is 1. The predicted molar refractivity (Wildman–Crippen MR) is 92.7 cm³/mol. The van der Waals surface area contributed by atoms with Crippen molar-refractivity contribution in [3.63, 3.8) is 0 Å². The van der Waals surface area contributed by atoms with Crippen LogP contribution in [0.4, 0.5) is 18.3 Å². The molecule has 2 aromatic heterocycles. The summed E-state index contributed by atoms with van der Waals surface area (Å²) in [7, 11) is 0. The summed E-state index contributed by atoms with van der Waals surface area (Å²) in [4.78, 5) is 28.1. The Morgan fingerprint density at radius 1 is 1.22 bits per heavy atom. The van der Waals surface area contributed by atoms with Gasteiger partial charge in [-0.15, -0.1) is 11.3 Å². The van der Waals surface area contributed by atoms with E-state index in [2.05, 4.69) is 10.3 Å². The van der Waals surface area contributed by atoms with Crippen LogP contribution in [0.1, 0.15) is 40.2 Å². The largest absolute Gasteiger partial charge is 0.461 e. The number of benzene rings is 1. The summed E-state index contributed by atoms with van der Waals surface area (Å²) in [6.07, 6.45) is -3.18. The van der Waals surface area contributed by atoms with E-state index >= 15 is 0 Å². The molecule has 1 aromatic carbocycles. The van der Waals surface area contributed by atoms with Gasteiger partial charge in [-0.1, -0.05) is 18.2 Å². The van der Waals surface area contributed by atoms with Crippen LogP contribution < -0.4 is 5.32 Å². The number of alkyl halides is 3. The van der Waals surface area contributed by atoms with Crippen molar-refractivity contribution in [2.45, 2.75) is 19.0 Å². The molecule has 0 fully saturated rings. The lowest BCUT2D eigenvalue weighted by molar-refractivity contribution is -0.140. The molecule has 0 spiro atoms. The zero-order chi connectivity index (χ0) is 19.6. The van der Waals surface area contributed by atoms with Crippen LogP contribution in [0.25, 0.3) is 0 Å². The molecule has 0 saturated carbocycles. The highest BCUT2D eigenvalue weighted by Crippen LogP contribution is 2.32. The van der Waals surface area contributed by atoms with E-state index < -0.39 is 23.7 Å². The molecule has 0 aliphatic carbocycles. The lowest BCUT2D eigenvalue weighted by atomic mass is 9.96. The summed E-state index contributed by atoms with van der Waals surface area (Å²) in [5, 5.41) is 3.07. The Morgan fingerprint density at radius 3 is 2.63 bits per heavy atom. The summed E-state index contributed by atoms with van der Waals surface area (Å²) in [5.41, 5.74) is -0.172. The molecule has 140 valence electrons. The molecule has 1 N–H and O–H groups in total. The third kappa shape index (κ3) is 4.25. The Labute approximate surface area is 155 Å². The van der Waals surface area contributed by atoms with Gasteiger partial charge in [0.2, 0.25) is 11.7 Å². The van der Waals surface area contributed by atoms with Crippen LogP contribution in [0.2, 0.25) is 0 Å². The van der Waals surface area contributed by atoms with Crippen molar-refractivity contribution in [1.82, 2.24) is 4.98 Å². The molecule has 0 bridgehead atoms. The van der Waals surface area contributed by atoms with Gasteiger partial charge in [0, 0.05) is 10.9 Å². The van der Waals surface area contributed by atoms with Crippen LogP contribution in [0.15, 0.2) is 52.5 Å². The number of nitrogens with one attached hydrogen (secondary N) is 1. The van der Waals surface area contributed by atoms with Gasteiger partial charge in [0.05, 0.1) is 12.2 Å². The fourth-order valence-corrected chi connectivity index (χ4v) is 3.05. The van der Waals surface area contributed by atoms with E-state index in [1.54, 1.807) is 37.3 Å². The van der Waals surface area contributed by atoms with Crippen molar-refractivity contribution >= 4 is 28.2 Å². The van der Waals surface area contributed by atoms with Gasteiger partial charge >= 0.3 is 6.18 Å². The van der Waals surface area contributed by atoms with Crippen molar-refractivity contribution in [2.75, 3.05) is 5.32 Å². The number of hydrogen-bond donors (Lipinski definition) is 1. The van der Waals surface area contributed by atoms with E-state index in [1.807, 2.05) is 0 Å². The number of anilines is 1. The Morgan fingerprint density at radius 2 is 2.00 bits per heavy atom. The highest BCUT2D eigenvalue weighted by Gasteiger charge is 2.34. The molecule has 3 rings (SSSR count). The van der Waals surface area contributed by atoms with Gasteiger partial charge in [0.25, 0.3) is 0 Å². The van der Waals surface area contributed by atoms with Gasteiger partial charge in [-0.3, -0.25) is 9.59 Å². The predicted octanol–water partition coefficient (Wildman–Crippen LogP) is 4.73. The zero-order valence-corrected chi connectivity index (χ0v) is 14.7. The van der Waals surface area contributed by atoms with Gasteiger partial charge < -0.3 is 9.73 Å². The Bertz CT molecular complexity index is 964. The molecule has 0 aliphatic rings. The van der Waals surface area contributed by atoms with Gasteiger partial charge in [0.15, 0.2) is 16.6 Å². The maximum Gasteiger partial charge on any atom is 0.434 e. The number of thiazole rings is 1. The van der Waals surface area contributed by atoms with Crippen LogP contribution in [0, 0.1) is 0 Å². The Hall–Kier alpha value is -2.94. The quantitative estimate of drug-likeness (QED) is 0.635. The fourth-order valence-electron chi connectivity index (χ4n) is 2.33. The average molecular weight is 394 g/mol. The summed E-state index contributed by atoms with van der Waals surface area (Å²) in [6.45, 7) is 1.59. The number of aromatic nitrogens is 1. The van der Waals surface area contributed by atoms with Gasteiger partial charge in [-0.25, -0.2) is 4.98 Å². The minimum Gasteiger partial charge on any atom is -0.461 e. The molecule has 0 radical (unpaired) electrons. The third-order valence-corrected chi connectivity index (χ3v) is 4.57. The minimum atomic E-state index is -4.56. The van der Waals surface area contributed by atoms with Crippen molar-refractivity contribution in [3.8, 4) is 0 Å². The van der Waals surface area contributed by atoms with Crippen LogP contribution in [-0.2, 0) is 11.0 Å². The molecule has 0 aliphatic heterocycles. The summed E-state index contributed by atoms with van der Waals surface area (Å²) in [6, 6.07) is 9.56. The van der Waals surface area contributed by atoms with E-state index in [0.717, 1.165) is 5.38 Å². The molecule has 1 atom stereocenters. The fraction of sp³-hybridized carbons (Fsp3) is 0.167. The third-order valence-electron chi connectivity index (χ3n) is 3.81. The first-order chi connectivity index (χ1) is 12.8. The molecule has 0 unspecified atom stereocenters. The molecule has 3 aromatic rings. The number of rotatable bonds is 5. The number of nitrogens with zero attached hydrogens (tertiary/aromatic N) is 1. The number of carbonyl (C=O) groups excluding carboxylic acids is 2. The number of amides is 1. The molecule has 9 heteroatoms. The van der Waals surface area contributed by atoms with Crippen molar-refractivity contribution in [3.05, 3.63) is 70.6 Å². The second-order valence-electron chi connectivity index (χ2n) is 5.68. The molecule has 0 saturated heterocycles. The number of hydrogen-bond acceptors (Lipinski definition) is 5. The van der Waals surface area contributed by atoms with E-state index in [0.29, 0.717) is 22.5 Å². The summed E-state index contributed by atoms with van der Waals surface area (Å²) < 4.78 is 42.9. The topological polar surface area (TPSA) is 72.2 Å².